The molecule has 4 unspecified atom stereocenters. The van der Waals surface area contributed by atoms with E-state index in [4.69, 9.17) is 0 Å². The highest BCUT2D eigenvalue weighted by atomic mass is 15.2. The molecule has 1 aliphatic heterocycles. The van der Waals surface area contributed by atoms with Crippen LogP contribution in [-0.2, 0) is 0 Å². The predicted molar refractivity (Wildman–Crippen MR) is 107 cm³/mol. The van der Waals surface area contributed by atoms with Crippen LogP contribution in [0.1, 0.15) is 107 Å². The fourth-order valence-corrected chi connectivity index (χ4v) is 6.86. The molecule has 0 aromatic heterocycles. The quantitative estimate of drug-likeness (QED) is 0.530. The molecule has 1 saturated carbocycles. The summed E-state index contributed by atoms with van der Waals surface area (Å²) in [7, 11) is 2.41. The van der Waals surface area contributed by atoms with E-state index < -0.39 is 0 Å². The van der Waals surface area contributed by atoms with Gasteiger partial charge in [0.25, 0.3) is 0 Å². The zero-order chi connectivity index (χ0) is 18.4. The van der Waals surface area contributed by atoms with Gasteiger partial charge in [-0.15, -0.1) is 0 Å². The minimum Gasteiger partial charge on any atom is -0.296 e. The maximum Gasteiger partial charge on any atom is 0.0186 e. The molecule has 0 radical (unpaired) electrons. The molecule has 0 amide bonds. The first kappa shape index (κ1) is 20.3. The molecule has 2 rings (SSSR count). The third-order valence-electron chi connectivity index (χ3n) is 8.62. The summed E-state index contributed by atoms with van der Waals surface area (Å²) < 4.78 is 0. The summed E-state index contributed by atoms with van der Waals surface area (Å²) in [5.41, 5.74) is 1.46. The topological polar surface area (TPSA) is 3.24 Å². The summed E-state index contributed by atoms with van der Waals surface area (Å²) in [5.74, 6) is 1.79. The van der Waals surface area contributed by atoms with Gasteiger partial charge in [0.15, 0.2) is 0 Å². The molecule has 1 aliphatic carbocycles. The first-order valence-electron chi connectivity index (χ1n) is 10.7. The molecule has 0 aromatic rings. The van der Waals surface area contributed by atoms with Crippen molar-refractivity contribution in [2.45, 2.75) is 118 Å². The monoisotopic (exact) mass is 335 g/mol. The van der Waals surface area contributed by atoms with Crippen LogP contribution in [-0.4, -0.2) is 23.0 Å². The number of hydrogen-bond donors (Lipinski definition) is 0. The highest BCUT2D eigenvalue weighted by molar-refractivity contribution is 5.05. The Labute approximate surface area is 153 Å². The molecule has 1 saturated heterocycles. The van der Waals surface area contributed by atoms with Crippen LogP contribution in [0.2, 0.25) is 0 Å². The zero-order valence-electron chi connectivity index (χ0n) is 18.3. The van der Waals surface area contributed by atoms with E-state index in [1.165, 1.54) is 51.4 Å². The molecule has 142 valence electrons. The second-order valence-electron chi connectivity index (χ2n) is 11.1. The first-order valence-corrected chi connectivity index (χ1v) is 10.7. The lowest BCUT2D eigenvalue weighted by Gasteiger charge is -2.52. The molecule has 1 nitrogen and oxygen atoms in total. The van der Waals surface area contributed by atoms with Gasteiger partial charge in [0.05, 0.1) is 0 Å². The highest BCUT2D eigenvalue weighted by Crippen LogP contribution is 2.58. The van der Waals surface area contributed by atoms with Crippen LogP contribution in [0, 0.1) is 22.7 Å². The molecule has 0 aromatic carbocycles. The first-order chi connectivity index (χ1) is 10.9. The lowest BCUT2D eigenvalue weighted by atomic mass is 9.54. The van der Waals surface area contributed by atoms with Gasteiger partial charge in [0, 0.05) is 11.1 Å². The molecule has 0 bridgehead atoms. The van der Waals surface area contributed by atoms with Crippen molar-refractivity contribution < 1.29 is 0 Å². The van der Waals surface area contributed by atoms with Crippen molar-refractivity contribution in [2.75, 3.05) is 7.05 Å². The van der Waals surface area contributed by atoms with Crippen molar-refractivity contribution >= 4 is 0 Å². The SMILES string of the molecule is CCC1(C)CC(C)(CC)N(C)C(C)(C)CC(C)(C)C2CCCCC21. The molecule has 0 N–H and O–H groups in total. The maximum absolute atomic E-state index is 2.76. The van der Waals surface area contributed by atoms with Crippen LogP contribution in [0.5, 0.6) is 0 Å². The van der Waals surface area contributed by atoms with E-state index >= 15 is 0 Å². The van der Waals surface area contributed by atoms with Gasteiger partial charge in [0.1, 0.15) is 0 Å². The lowest BCUT2D eigenvalue weighted by molar-refractivity contribution is -0.0198. The molecular formula is C23H45N. The normalized spacial score (nSPS) is 43.4. The number of rotatable bonds is 2. The Morgan fingerprint density at radius 2 is 1.33 bits per heavy atom. The van der Waals surface area contributed by atoms with Crippen LogP contribution < -0.4 is 0 Å². The summed E-state index contributed by atoms with van der Waals surface area (Å²) in [4.78, 5) is 2.76. The molecule has 1 heterocycles. The maximum atomic E-state index is 2.76. The standard InChI is InChI=1S/C23H45N/c1-10-22(7)17-23(8,11-2)24(9)21(5,6)16-20(3,4)18-14-12-13-15-19(18)22/h18-19H,10-17H2,1-9H3. The van der Waals surface area contributed by atoms with Crippen molar-refractivity contribution in [3.05, 3.63) is 0 Å². The lowest BCUT2D eigenvalue weighted by Crippen LogP contribution is -2.56. The van der Waals surface area contributed by atoms with Crippen molar-refractivity contribution in [1.29, 1.82) is 0 Å². The molecule has 2 aliphatic rings. The third-order valence-corrected chi connectivity index (χ3v) is 8.62. The summed E-state index contributed by atoms with van der Waals surface area (Å²) in [5, 5.41) is 0. The Kier molecular flexibility index (Phi) is 5.58. The average Bonchev–Trinajstić information content (AvgIpc) is 2.53. The number of nitrogens with zero attached hydrogens (tertiary/aromatic N) is 1. The summed E-state index contributed by atoms with van der Waals surface area (Å²) in [6.07, 6.45) is 11.1. The molecular weight excluding hydrogens is 290 g/mol. The van der Waals surface area contributed by atoms with E-state index in [1.807, 2.05) is 0 Å². The minimum absolute atomic E-state index is 0.259. The Balaban J connectivity index is 2.58. The van der Waals surface area contributed by atoms with Crippen LogP contribution in [0.4, 0.5) is 0 Å². The fourth-order valence-electron chi connectivity index (χ4n) is 6.86. The third kappa shape index (κ3) is 3.44. The second-order valence-corrected chi connectivity index (χ2v) is 11.1. The van der Waals surface area contributed by atoms with Gasteiger partial charge in [-0.25, -0.2) is 0 Å². The Hall–Kier alpha value is -0.0400. The zero-order valence-corrected chi connectivity index (χ0v) is 18.3. The smallest absolute Gasteiger partial charge is 0.0186 e. The van der Waals surface area contributed by atoms with E-state index in [9.17, 15) is 0 Å². The van der Waals surface area contributed by atoms with Crippen LogP contribution in [0.25, 0.3) is 0 Å². The molecule has 1 heteroatoms. The van der Waals surface area contributed by atoms with Gasteiger partial charge < -0.3 is 0 Å². The Bertz CT molecular complexity index is 437. The fraction of sp³-hybridized carbons (Fsp3) is 1.00. The largest absolute Gasteiger partial charge is 0.296 e. The second kappa shape index (κ2) is 6.60. The van der Waals surface area contributed by atoms with Crippen molar-refractivity contribution in [2.24, 2.45) is 22.7 Å². The van der Waals surface area contributed by atoms with E-state index in [0.717, 1.165) is 11.8 Å². The van der Waals surface area contributed by atoms with Gasteiger partial charge in [-0.1, -0.05) is 53.9 Å². The number of fused-ring (bicyclic) bond motifs is 1. The van der Waals surface area contributed by atoms with Gasteiger partial charge in [0.2, 0.25) is 0 Å². The van der Waals surface area contributed by atoms with Crippen LogP contribution >= 0.6 is 0 Å². The van der Waals surface area contributed by atoms with Gasteiger partial charge >= 0.3 is 0 Å². The highest BCUT2D eigenvalue weighted by Gasteiger charge is 2.52. The van der Waals surface area contributed by atoms with E-state index in [2.05, 4.69) is 67.3 Å². The van der Waals surface area contributed by atoms with Crippen molar-refractivity contribution in [1.82, 2.24) is 4.90 Å². The van der Waals surface area contributed by atoms with Gasteiger partial charge in [-0.2, -0.15) is 0 Å². The van der Waals surface area contributed by atoms with Crippen molar-refractivity contribution in [3.8, 4) is 0 Å². The molecule has 0 spiro atoms. The summed E-state index contributed by atoms with van der Waals surface area (Å²) >= 11 is 0. The Morgan fingerprint density at radius 3 is 1.83 bits per heavy atom. The van der Waals surface area contributed by atoms with Crippen LogP contribution in [0.15, 0.2) is 0 Å². The number of hydrogen-bond acceptors (Lipinski definition) is 1. The Morgan fingerprint density at radius 1 is 0.792 bits per heavy atom. The van der Waals surface area contributed by atoms with E-state index in [0.29, 0.717) is 16.4 Å². The van der Waals surface area contributed by atoms with Crippen molar-refractivity contribution in [3.63, 3.8) is 0 Å². The molecule has 24 heavy (non-hydrogen) atoms. The van der Waals surface area contributed by atoms with E-state index in [1.54, 1.807) is 0 Å². The molecule has 2 fully saturated rings. The van der Waals surface area contributed by atoms with E-state index in [-0.39, 0.29) is 5.54 Å². The predicted octanol–water partition coefficient (Wildman–Crippen LogP) is 6.91. The minimum atomic E-state index is 0.259. The summed E-state index contributed by atoms with van der Waals surface area (Å²) in [6.45, 7) is 20.2. The molecule has 4 atom stereocenters. The average molecular weight is 336 g/mol. The van der Waals surface area contributed by atoms with Crippen LogP contribution in [0.3, 0.4) is 0 Å². The summed E-state index contributed by atoms with van der Waals surface area (Å²) in [6, 6.07) is 0. The van der Waals surface area contributed by atoms with Gasteiger partial charge in [-0.3, -0.25) is 4.90 Å². The van der Waals surface area contributed by atoms with Gasteiger partial charge in [-0.05, 0) is 82.6 Å².